The Labute approximate surface area is 273 Å². The minimum absolute atomic E-state index is 0.0243. The molecule has 4 aromatic carbocycles. The first kappa shape index (κ1) is 34.2. The van der Waals surface area contributed by atoms with Crippen LogP contribution in [0.2, 0.25) is 0 Å². The lowest BCUT2D eigenvalue weighted by Crippen LogP contribution is -2.53. The number of ether oxygens (including phenoxy) is 1. The van der Waals surface area contributed by atoms with Gasteiger partial charge in [-0.3, -0.25) is 13.9 Å². The van der Waals surface area contributed by atoms with Gasteiger partial charge in [-0.1, -0.05) is 86.1 Å². The molecule has 242 valence electrons. The fraction of sp³-hybridized carbons (Fsp3) is 0.297. The second kappa shape index (κ2) is 16.6. The minimum atomic E-state index is -4.19. The van der Waals surface area contributed by atoms with Crippen LogP contribution in [0.15, 0.2) is 114 Å². The Balaban J connectivity index is 1.77. The van der Waals surface area contributed by atoms with E-state index >= 15 is 0 Å². The normalized spacial score (nSPS) is 11.8. The summed E-state index contributed by atoms with van der Waals surface area (Å²) in [7, 11) is -4.19. The molecule has 1 atom stereocenters. The molecule has 8 nitrogen and oxygen atoms in total. The van der Waals surface area contributed by atoms with Crippen molar-refractivity contribution in [2.24, 2.45) is 0 Å². The molecule has 0 radical (unpaired) electrons. The Morgan fingerprint density at radius 3 is 2.09 bits per heavy atom. The third-order valence-electron chi connectivity index (χ3n) is 7.75. The van der Waals surface area contributed by atoms with E-state index in [-0.39, 0.29) is 23.8 Å². The van der Waals surface area contributed by atoms with Crippen molar-refractivity contribution in [3.05, 3.63) is 126 Å². The van der Waals surface area contributed by atoms with Crippen molar-refractivity contribution in [3.8, 4) is 5.75 Å². The van der Waals surface area contributed by atoms with Crippen LogP contribution >= 0.6 is 0 Å². The number of carbonyl (C=O) groups excluding carboxylic acids is 2. The molecule has 0 fully saturated rings. The van der Waals surface area contributed by atoms with Crippen LogP contribution in [0.25, 0.3) is 0 Å². The van der Waals surface area contributed by atoms with Crippen molar-refractivity contribution in [1.82, 2.24) is 10.2 Å². The van der Waals surface area contributed by atoms with E-state index in [4.69, 9.17) is 4.74 Å². The lowest BCUT2D eigenvalue weighted by atomic mass is 10.0. The number of aryl methyl sites for hydroxylation is 1. The first-order valence-electron chi connectivity index (χ1n) is 15.7. The van der Waals surface area contributed by atoms with Crippen molar-refractivity contribution < 1.29 is 22.7 Å². The molecule has 0 spiro atoms. The van der Waals surface area contributed by atoms with Gasteiger partial charge in [-0.2, -0.15) is 0 Å². The highest BCUT2D eigenvalue weighted by molar-refractivity contribution is 7.92. The molecule has 0 aliphatic heterocycles. The number of nitrogens with zero attached hydrogens (tertiary/aromatic N) is 2. The number of sulfonamides is 1. The smallest absolute Gasteiger partial charge is 0.264 e. The van der Waals surface area contributed by atoms with E-state index in [1.807, 2.05) is 75.4 Å². The second-order valence-corrected chi connectivity index (χ2v) is 12.9. The lowest BCUT2D eigenvalue weighted by molar-refractivity contribution is -0.140. The van der Waals surface area contributed by atoms with Gasteiger partial charge < -0.3 is 15.0 Å². The molecular weight excluding hydrogens is 598 g/mol. The van der Waals surface area contributed by atoms with Gasteiger partial charge in [0.2, 0.25) is 11.8 Å². The van der Waals surface area contributed by atoms with Gasteiger partial charge >= 0.3 is 0 Å². The average Bonchev–Trinajstić information content (AvgIpc) is 3.07. The molecule has 0 aliphatic carbocycles. The second-order valence-electron chi connectivity index (χ2n) is 11.0. The van der Waals surface area contributed by atoms with E-state index in [0.717, 1.165) is 33.8 Å². The molecule has 0 unspecified atom stereocenters. The summed E-state index contributed by atoms with van der Waals surface area (Å²) in [6.45, 7) is 6.42. The third kappa shape index (κ3) is 8.97. The fourth-order valence-corrected chi connectivity index (χ4v) is 6.57. The van der Waals surface area contributed by atoms with Crippen LogP contribution < -0.4 is 14.4 Å². The zero-order chi connectivity index (χ0) is 32.9. The number of para-hydroxylation sites is 1. The molecule has 0 heterocycles. The molecule has 46 heavy (non-hydrogen) atoms. The lowest BCUT2D eigenvalue weighted by Gasteiger charge is -2.34. The van der Waals surface area contributed by atoms with Crippen molar-refractivity contribution >= 4 is 27.5 Å². The van der Waals surface area contributed by atoms with Crippen molar-refractivity contribution in [2.45, 2.75) is 57.5 Å². The highest BCUT2D eigenvalue weighted by atomic mass is 32.2. The van der Waals surface area contributed by atoms with Gasteiger partial charge in [0.25, 0.3) is 10.0 Å². The number of nitrogens with one attached hydrogen (secondary N) is 1. The molecule has 9 heteroatoms. The Bertz CT molecular complexity index is 1660. The van der Waals surface area contributed by atoms with Gasteiger partial charge in [-0.15, -0.1) is 0 Å². The molecule has 0 aromatic heterocycles. The summed E-state index contributed by atoms with van der Waals surface area (Å²) in [5.74, 6) is -0.223. The Morgan fingerprint density at radius 2 is 1.46 bits per heavy atom. The average molecular weight is 642 g/mol. The molecular formula is C37H43N3O5S. The highest BCUT2D eigenvalue weighted by Gasteiger charge is 2.34. The number of anilines is 1. The number of hydrogen-bond acceptors (Lipinski definition) is 5. The topological polar surface area (TPSA) is 96.0 Å². The Hall–Kier alpha value is -4.63. The number of rotatable bonds is 16. The standard InChI is InChI=1S/C37H43N3O5S/c1-4-6-25-38-37(42)35(26-30-16-9-7-10-17-30)39(27-31-18-14-13-15-29(31)3)36(41)28-40(32-19-11-8-12-20-32)46(43,44)34-23-21-33(22-24-34)45-5-2/h7-24,35H,4-6,25-28H2,1-3H3,(H,38,42)/t35-/m0/s1. The molecule has 0 aliphatic rings. The van der Waals surface area contributed by atoms with Crippen molar-refractivity contribution in [2.75, 3.05) is 24.0 Å². The van der Waals surface area contributed by atoms with Crippen LogP contribution in [-0.4, -0.2) is 50.9 Å². The summed E-state index contributed by atoms with van der Waals surface area (Å²) in [6.07, 6.45) is 1.98. The number of carbonyl (C=O) groups is 2. The summed E-state index contributed by atoms with van der Waals surface area (Å²) in [5, 5.41) is 3.02. The van der Waals surface area contributed by atoms with Gasteiger partial charge in [-0.05, 0) is 73.4 Å². The van der Waals surface area contributed by atoms with Crippen LogP contribution in [0, 0.1) is 6.92 Å². The maximum absolute atomic E-state index is 14.5. The van der Waals surface area contributed by atoms with Gasteiger partial charge in [0, 0.05) is 19.5 Å². The van der Waals surface area contributed by atoms with Gasteiger partial charge in [0.05, 0.1) is 17.2 Å². The highest BCUT2D eigenvalue weighted by Crippen LogP contribution is 2.26. The monoisotopic (exact) mass is 641 g/mol. The van der Waals surface area contributed by atoms with E-state index in [1.165, 1.54) is 17.0 Å². The van der Waals surface area contributed by atoms with E-state index in [2.05, 4.69) is 5.32 Å². The predicted octanol–water partition coefficient (Wildman–Crippen LogP) is 6.15. The van der Waals surface area contributed by atoms with E-state index in [0.29, 0.717) is 24.6 Å². The van der Waals surface area contributed by atoms with Crippen LogP contribution in [0.1, 0.15) is 43.4 Å². The van der Waals surface area contributed by atoms with Crippen molar-refractivity contribution in [1.29, 1.82) is 0 Å². The quantitative estimate of drug-likeness (QED) is 0.148. The molecule has 0 saturated carbocycles. The van der Waals surface area contributed by atoms with E-state index in [9.17, 15) is 18.0 Å². The molecule has 0 saturated heterocycles. The number of hydrogen-bond donors (Lipinski definition) is 1. The number of unbranched alkanes of at least 4 members (excludes halogenated alkanes) is 1. The van der Waals surface area contributed by atoms with Crippen LogP contribution in [0.5, 0.6) is 5.75 Å². The summed E-state index contributed by atoms with van der Waals surface area (Å²) in [5.41, 5.74) is 3.07. The van der Waals surface area contributed by atoms with Gasteiger partial charge in [0.15, 0.2) is 0 Å². The van der Waals surface area contributed by atoms with Gasteiger partial charge in [0.1, 0.15) is 18.3 Å². The molecule has 2 amide bonds. The molecule has 1 N–H and O–H groups in total. The van der Waals surface area contributed by atoms with E-state index in [1.54, 1.807) is 42.5 Å². The summed E-state index contributed by atoms with van der Waals surface area (Å²) < 4.78 is 35.0. The first-order valence-corrected chi connectivity index (χ1v) is 17.1. The number of amides is 2. The van der Waals surface area contributed by atoms with Crippen molar-refractivity contribution in [3.63, 3.8) is 0 Å². The number of benzene rings is 4. The third-order valence-corrected chi connectivity index (χ3v) is 9.54. The van der Waals surface area contributed by atoms with Crippen LogP contribution in [-0.2, 0) is 32.6 Å². The Morgan fingerprint density at radius 1 is 0.826 bits per heavy atom. The summed E-state index contributed by atoms with van der Waals surface area (Å²) in [4.78, 5) is 30.0. The first-order chi connectivity index (χ1) is 22.2. The van der Waals surface area contributed by atoms with Gasteiger partial charge in [-0.25, -0.2) is 8.42 Å². The zero-order valence-corrected chi connectivity index (χ0v) is 27.6. The van der Waals surface area contributed by atoms with Crippen LogP contribution in [0.4, 0.5) is 5.69 Å². The minimum Gasteiger partial charge on any atom is -0.494 e. The largest absolute Gasteiger partial charge is 0.494 e. The zero-order valence-electron chi connectivity index (χ0n) is 26.8. The molecule has 4 aromatic rings. The molecule has 4 rings (SSSR count). The van der Waals surface area contributed by atoms with E-state index < -0.39 is 28.5 Å². The maximum atomic E-state index is 14.5. The molecule has 0 bridgehead atoms. The summed E-state index contributed by atoms with van der Waals surface area (Å²) in [6, 6.07) is 31.1. The SMILES string of the molecule is CCCCNC(=O)[C@H](Cc1ccccc1)N(Cc1ccccc1C)C(=O)CN(c1ccccc1)S(=O)(=O)c1ccc(OCC)cc1. The predicted molar refractivity (Wildman–Crippen MR) is 182 cm³/mol. The fourth-order valence-electron chi connectivity index (χ4n) is 5.16. The Kier molecular flexibility index (Phi) is 12.4. The summed E-state index contributed by atoms with van der Waals surface area (Å²) >= 11 is 0. The maximum Gasteiger partial charge on any atom is 0.264 e. The van der Waals surface area contributed by atoms with Crippen LogP contribution in [0.3, 0.4) is 0 Å².